The standard InChI is InChI=1S/C17H17BrN2O4S2/c18-12-2-5-14(6-3-12)25-11-17(22)19-15-10-13(4-7-16(15)21)20-8-1-9-26(20,23)24/h2-7,10,21H,1,8-9,11H2,(H,19,22). The normalized spacial score (nSPS) is 15.8. The molecule has 0 saturated carbocycles. The van der Waals surface area contributed by atoms with Crippen molar-refractivity contribution >= 4 is 55.0 Å². The van der Waals surface area contributed by atoms with E-state index in [4.69, 9.17) is 0 Å². The lowest BCUT2D eigenvalue weighted by Crippen LogP contribution is -2.25. The first-order chi connectivity index (χ1) is 12.3. The maximum absolute atomic E-state index is 12.2. The van der Waals surface area contributed by atoms with Gasteiger partial charge in [0.1, 0.15) is 5.75 Å². The number of aromatic hydroxyl groups is 1. The molecule has 9 heteroatoms. The van der Waals surface area contributed by atoms with E-state index in [1.807, 2.05) is 24.3 Å². The lowest BCUT2D eigenvalue weighted by Gasteiger charge is -2.18. The van der Waals surface area contributed by atoms with Gasteiger partial charge in [-0.1, -0.05) is 15.9 Å². The molecule has 1 aliphatic rings. The van der Waals surface area contributed by atoms with Crippen LogP contribution in [0.15, 0.2) is 51.8 Å². The largest absolute Gasteiger partial charge is 0.506 e. The highest BCUT2D eigenvalue weighted by molar-refractivity contribution is 9.10. The van der Waals surface area contributed by atoms with Gasteiger partial charge in [-0.25, -0.2) is 8.42 Å². The number of carbonyl (C=O) groups excluding carboxylic acids is 1. The first-order valence-electron chi connectivity index (χ1n) is 7.87. The Morgan fingerprint density at radius 2 is 1.96 bits per heavy atom. The number of phenolic OH excluding ortho intramolecular Hbond substituents is 1. The first-order valence-corrected chi connectivity index (χ1v) is 11.3. The summed E-state index contributed by atoms with van der Waals surface area (Å²) in [6, 6.07) is 12.0. The highest BCUT2D eigenvalue weighted by Crippen LogP contribution is 2.32. The van der Waals surface area contributed by atoms with E-state index < -0.39 is 10.0 Å². The zero-order chi connectivity index (χ0) is 18.7. The van der Waals surface area contributed by atoms with E-state index in [2.05, 4.69) is 21.2 Å². The molecule has 1 aliphatic heterocycles. The fraction of sp³-hybridized carbons (Fsp3) is 0.235. The van der Waals surface area contributed by atoms with Gasteiger partial charge in [-0.05, 0) is 48.9 Å². The van der Waals surface area contributed by atoms with Gasteiger partial charge in [0.05, 0.1) is 22.9 Å². The van der Waals surface area contributed by atoms with E-state index in [9.17, 15) is 18.3 Å². The average Bonchev–Trinajstić information content (AvgIpc) is 2.95. The third kappa shape index (κ3) is 4.52. The average molecular weight is 457 g/mol. The monoisotopic (exact) mass is 456 g/mol. The van der Waals surface area contributed by atoms with Crippen molar-refractivity contribution in [3.63, 3.8) is 0 Å². The molecule has 0 aliphatic carbocycles. The SMILES string of the molecule is O=C(CSc1ccc(Br)cc1)Nc1cc(N2CCCS2(=O)=O)ccc1O. The number of phenols is 1. The number of anilines is 2. The van der Waals surface area contributed by atoms with Crippen molar-refractivity contribution in [1.82, 2.24) is 0 Å². The number of carbonyl (C=O) groups is 1. The summed E-state index contributed by atoms with van der Waals surface area (Å²) >= 11 is 4.73. The number of sulfonamides is 1. The summed E-state index contributed by atoms with van der Waals surface area (Å²) in [5.74, 6) is -0.103. The molecular weight excluding hydrogens is 440 g/mol. The number of nitrogens with zero attached hydrogens (tertiary/aromatic N) is 1. The summed E-state index contributed by atoms with van der Waals surface area (Å²) in [5, 5.41) is 12.6. The maximum Gasteiger partial charge on any atom is 0.235 e. The molecule has 1 amide bonds. The van der Waals surface area contributed by atoms with Gasteiger partial charge in [-0.15, -0.1) is 11.8 Å². The van der Waals surface area contributed by atoms with Gasteiger partial charge in [0, 0.05) is 15.9 Å². The van der Waals surface area contributed by atoms with Gasteiger partial charge in [-0.2, -0.15) is 0 Å². The van der Waals surface area contributed by atoms with Crippen LogP contribution >= 0.6 is 27.7 Å². The molecule has 1 heterocycles. The van der Waals surface area contributed by atoms with Gasteiger partial charge < -0.3 is 10.4 Å². The maximum atomic E-state index is 12.2. The Labute approximate surface area is 164 Å². The molecule has 0 spiro atoms. The van der Waals surface area contributed by atoms with Crippen LogP contribution in [0.25, 0.3) is 0 Å². The summed E-state index contributed by atoms with van der Waals surface area (Å²) < 4.78 is 26.3. The molecule has 3 rings (SSSR count). The second-order valence-electron chi connectivity index (χ2n) is 5.73. The number of benzene rings is 2. The molecule has 2 aromatic rings. The van der Waals surface area contributed by atoms with Crippen LogP contribution in [0.4, 0.5) is 11.4 Å². The van der Waals surface area contributed by atoms with Crippen molar-refractivity contribution in [1.29, 1.82) is 0 Å². The predicted octanol–water partition coefficient (Wildman–Crippen LogP) is 3.43. The lowest BCUT2D eigenvalue weighted by atomic mass is 10.2. The molecule has 0 aromatic heterocycles. The molecule has 26 heavy (non-hydrogen) atoms. The third-order valence-electron chi connectivity index (χ3n) is 3.83. The van der Waals surface area contributed by atoms with Gasteiger partial charge in [-0.3, -0.25) is 9.10 Å². The minimum atomic E-state index is -3.32. The van der Waals surface area contributed by atoms with Crippen LogP contribution in [0.3, 0.4) is 0 Å². The number of thioether (sulfide) groups is 1. The summed E-state index contributed by atoms with van der Waals surface area (Å²) in [7, 11) is -3.32. The highest BCUT2D eigenvalue weighted by Gasteiger charge is 2.28. The smallest absolute Gasteiger partial charge is 0.235 e. The molecule has 0 bridgehead atoms. The zero-order valence-electron chi connectivity index (χ0n) is 13.7. The van der Waals surface area contributed by atoms with Crippen LogP contribution in [0, 0.1) is 0 Å². The molecule has 1 fully saturated rings. The van der Waals surface area contributed by atoms with Crippen molar-refractivity contribution in [2.45, 2.75) is 11.3 Å². The summed E-state index contributed by atoms with van der Waals surface area (Å²) in [6.07, 6.45) is 0.564. The summed E-state index contributed by atoms with van der Waals surface area (Å²) in [5.41, 5.74) is 0.641. The van der Waals surface area contributed by atoms with Crippen LogP contribution in [-0.2, 0) is 14.8 Å². The van der Waals surface area contributed by atoms with E-state index >= 15 is 0 Å². The molecule has 2 aromatic carbocycles. The van der Waals surface area contributed by atoms with Crippen LogP contribution < -0.4 is 9.62 Å². The lowest BCUT2D eigenvalue weighted by molar-refractivity contribution is -0.113. The van der Waals surface area contributed by atoms with Crippen molar-refractivity contribution < 1.29 is 18.3 Å². The van der Waals surface area contributed by atoms with Crippen molar-refractivity contribution in [3.05, 3.63) is 46.9 Å². The molecule has 0 atom stereocenters. The molecular formula is C17H17BrN2O4S2. The second kappa shape index (κ2) is 7.89. The summed E-state index contributed by atoms with van der Waals surface area (Å²) in [4.78, 5) is 13.1. The molecule has 0 unspecified atom stereocenters. The molecule has 6 nitrogen and oxygen atoms in total. The Bertz CT molecular complexity index is 917. The van der Waals surface area contributed by atoms with Crippen molar-refractivity contribution in [3.8, 4) is 5.75 Å². The number of hydrogen-bond acceptors (Lipinski definition) is 5. The van der Waals surface area contributed by atoms with Gasteiger partial charge in [0.2, 0.25) is 15.9 Å². The summed E-state index contributed by atoms with van der Waals surface area (Å²) in [6.45, 7) is 0.403. The highest BCUT2D eigenvalue weighted by atomic mass is 79.9. The van der Waals surface area contributed by atoms with Gasteiger partial charge >= 0.3 is 0 Å². The molecule has 138 valence electrons. The Balaban J connectivity index is 1.68. The Hall–Kier alpha value is -1.71. The van der Waals surface area contributed by atoms with E-state index in [0.29, 0.717) is 18.7 Å². The topological polar surface area (TPSA) is 86.7 Å². The van der Waals surface area contributed by atoms with E-state index in [1.54, 1.807) is 0 Å². The number of halogens is 1. The van der Waals surface area contributed by atoms with Crippen LogP contribution in [0.2, 0.25) is 0 Å². The van der Waals surface area contributed by atoms with Gasteiger partial charge in [0.25, 0.3) is 0 Å². The van der Waals surface area contributed by atoms with E-state index in [-0.39, 0.29) is 28.8 Å². The van der Waals surface area contributed by atoms with Crippen LogP contribution in [0.5, 0.6) is 5.75 Å². The minimum Gasteiger partial charge on any atom is -0.506 e. The number of rotatable bonds is 5. The molecule has 0 radical (unpaired) electrons. The molecule has 1 saturated heterocycles. The van der Waals surface area contributed by atoms with E-state index in [0.717, 1.165) is 9.37 Å². The van der Waals surface area contributed by atoms with E-state index in [1.165, 1.54) is 34.3 Å². The first kappa shape index (κ1) is 19.1. The zero-order valence-corrected chi connectivity index (χ0v) is 16.9. The van der Waals surface area contributed by atoms with Crippen LogP contribution in [0.1, 0.15) is 6.42 Å². The third-order valence-corrected chi connectivity index (χ3v) is 7.24. The van der Waals surface area contributed by atoms with Crippen LogP contribution in [-0.4, -0.2) is 37.5 Å². The Kier molecular flexibility index (Phi) is 5.79. The Morgan fingerprint density at radius 1 is 1.23 bits per heavy atom. The predicted molar refractivity (Wildman–Crippen MR) is 107 cm³/mol. The minimum absolute atomic E-state index is 0.104. The fourth-order valence-electron chi connectivity index (χ4n) is 2.57. The Morgan fingerprint density at radius 3 is 2.62 bits per heavy atom. The number of nitrogens with one attached hydrogen (secondary N) is 1. The van der Waals surface area contributed by atoms with Crippen molar-refractivity contribution in [2.24, 2.45) is 0 Å². The van der Waals surface area contributed by atoms with Crippen molar-refractivity contribution in [2.75, 3.05) is 27.7 Å². The fourth-order valence-corrected chi connectivity index (χ4v) is 5.09. The quantitative estimate of drug-likeness (QED) is 0.531. The number of hydrogen-bond donors (Lipinski definition) is 2. The second-order valence-corrected chi connectivity index (χ2v) is 9.71. The van der Waals surface area contributed by atoms with Gasteiger partial charge in [0.15, 0.2) is 0 Å². The number of amides is 1. The molecule has 2 N–H and O–H groups in total.